The van der Waals surface area contributed by atoms with Gasteiger partial charge < -0.3 is 10.1 Å². The molecule has 0 aliphatic heterocycles. The Kier molecular flexibility index (Phi) is 7.21. The predicted octanol–water partition coefficient (Wildman–Crippen LogP) is 1.46. The highest BCUT2D eigenvalue weighted by Gasteiger charge is 2.06. The molecule has 1 N–H and O–H groups in total. The van der Waals surface area contributed by atoms with Crippen molar-refractivity contribution in [2.75, 3.05) is 18.9 Å². The highest BCUT2D eigenvalue weighted by atomic mass is 32.2. The van der Waals surface area contributed by atoms with Gasteiger partial charge in [0.2, 0.25) is 0 Å². The van der Waals surface area contributed by atoms with Gasteiger partial charge in [-0.15, -0.1) is 18.2 Å². The Balaban J connectivity index is 2.12. The molecule has 4 nitrogen and oxygen atoms in total. The van der Waals surface area contributed by atoms with Crippen molar-refractivity contribution < 1.29 is 14.3 Å². The van der Waals surface area contributed by atoms with E-state index in [0.29, 0.717) is 5.75 Å². The van der Waals surface area contributed by atoms with E-state index in [1.165, 1.54) is 0 Å². The summed E-state index contributed by atoms with van der Waals surface area (Å²) in [7, 11) is 0. The van der Waals surface area contributed by atoms with E-state index in [1.54, 1.807) is 11.8 Å². The van der Waals surface area contributed by atoms with Gasteiger partial charge in [0.1, 0.15) is 0 Å². The Bertz CT molecular complexity index is 454. The van der Waals surface area contributed by atoms with Crippen LogP contribution in [0.15, 0.2) is 35.2 Å². The molecular weight excluding hydrogens is 262 g/mol. The second-order valence-corrected chi connectivity index (χ2v) is 4.72. The SMILES string of the molecule is C#CCNC(=O)COC(=O)CCSc1ccccc1. The van der Waals surface area contributed by atoms with Crippen molar-refractivity contribution in [2.45, 2.75) is 11.3 Å². The molecule has 1 aromatic rings. The van der Waals surface area contributed by atoms with Gasteiger partial charge in [-0.25, -0.2) is 0 Å². The molecule has 0 spiro atoms. The number of ether oxygens (including phenoxy) is 1. The van der Waals surface area contributed by atoms with Gasteiger partial charge in [-0.3, -0.25) is 9.59 Å². The number of thioether (sulfide) groups is 1. The normalized spacial score (nSPS) is 9.42. The Labute approximate surface area is 116 Å². The van der Waals surface area contributed by atoms with E-state index >= 15 is 0 Å². The van der Waals surface area contributed by atoms with Crippen LogP contribution < -0.4 is 5.32 Å². The summed E-state index contributed by atoms with van der Waals surface area (Å²) in [6.07, 6.45) is 5.24. The molecule has 1 rings (SSSR count). The first kappa shape index (κ1) is 15.1. The summed E-state index contributed by atoms with van der Waals surface area (Å²) in [5.74, 6) is 2.11. The van der Waals surface area contributed by atoms with Crippen LogP contribution in [0.5, 0.6) is 0 Å². The van der Waals surface area contributed by atoms with Gasteiger partial charge in [-0.2, -0.15) is 0 Å². The average molecular weight is 277 g/mol. The van der Waals surface area contributed by atoms with Crippen molar-refractivity contribution in [2.24, 2.45) is 0 Å². The van der Waals surface area contributed by atoms with Gasteiger partial charge in [0.25, 0.3) is 5.91 Å². The monoisotopic (exact) mass is 277 g/mol. The van der Waals surface area contributed by atoms with Crippen LogP contribution in [0.2, 0.25) is 0 Å². The number of nitrogens with one attached hydrogen (secondary N) is 1. The van der Waals surface area contributed by atoms with Crippen LogP contribution in [0.1, 0.15) is 6.42 Å². The number of terminal acetylenes is 1. The summed E-state index contributed by atoms with van der Waals surface area (Å²) in [4.78, 5) is 23.6. The van der Waals surface area contributed by atoms with E-state index in [4.69, 9.17) is 11.2 Å². The summed E-state index contributed by atoms with van der Waals surface area (Å²) in [5, 5.41) is 2.41. The summed E-state index contributed by atoms with van der Waals surface area (Å²) in [6, 6.07) is 9.77. The van der Waals surface area contributed by atoms with Crippen LogP contribution in [0, 0.1) is 12.3 Å². The maximum atomic E-state index is 11.4. The highest BCUT2D eigenvalue weighted by Crippen LogP contribution is 2.17. The van der Waals surface area contributed by atoms with Crippen molar-refractivity contribution in [3.05, 3.63) is 30.3 Å². The summed E-state index contributed by atoms with van der Waals surface area (Å²) >= 11 is 1.57. The fraction of sp³-hybridized carbons (Fsp3) is 0.286. The van der Waals surface area contributed by atoms with Gasteiger partial charge in [-0.1, -0.05) is 24.1 Å². The third-order valence-electron chi connectivity index (χ3n) is 2.07. The van der Waals surface area contributed by atoms with Crippen LogP contribution in [0.3, 0.4) is 0 Å². The molecule has 100 valence electrons. The maximum Gasteiger partial charge on any atom is 0.307 e. The molecule has 0 radical (unpaired) electrons. The first-order valence-corrected chi connectivity index (χ1v) is 6.74. The predicted molar refractivity (Wildman–Crippen MR) is 74.6 cm³/mol. The fourth-order valence-electron chi connectivity index (χ4n) is 1.19. The number of benzene rings is 1. The van der Waals surface area contributed by atoms with Crippen molar-refractivity contribution in [1.29, 1.82) is 0 Å². The Hall–Kier alpha value is -1.93. The van der Waals surface area contributed by atoms with E-state index < -0.39 is 0 Å². The quantitative estimate of drug-likeness (QED) is 0.466. The molecule has 1 amide bonds. The molecule has 5 heteroatoms. The number of amides is 1. The van der Waals surface area contributed by atoms with Crippen LogP contribution in [-0.2, 0) is 14.3 Å². The molecule has 0 bridgehead atoms. The largest absolute Gasteiger partial charge is 0.456 e. The second-order valence-electron chi connectivity index (χ2n) is 3.55. The molecule has 1 aromatic carbocycles. The van der Waals surface area contributed by atoms with Crippen LogP contribution in [0.4, 0.5) is 0 Å². The molecule has 19 heavy (non-hydrogen) atoms. The van der Waals surface area contributed by atoms with Crippen LogP contribution >= 0.6 is 11.8 Å². The first-order chi connectivity index (χ1) is 9.22. The van der Waals surface area contributed by atoms with Crippen LogP contribution in [-0.4, -0.2) is 30.8 Å². The minimum atomic E-state index is -0.390. The fourth-order valence-corrected chi connectivity index (χ4v) is 2.04. The standard InChI is InChI=1S/C14H15NO3S/c1-2-9-15-13(16)11-18-14(17)8-10-19-12-6-4-3-5-7-12/h1,3-7H,8-11H2,(H,15,16). The highest BCUT2D eigenvalue weighted by molar-refractivity contribution is 7.99. The number of hydrogen-bond acceptors (Lipinski definition) is 4. The zero-order valence-corrected chi connectivity index (χ0v) is 11.2. The van der Waals surface area contributed by atoms with Gasteiger partial charge >= 0.3 is 5.97 Å². The van der Waals surface area contributed by atoms with Gasteiger partial charge in [-0.05, 0) is 12.1 Å². The molecular formula is C14H15NO3S. The number of carbonyl (C=O) groups is 2. The number of rotatable bonds is 7. The lowest BCUT2D eigenvalue weighted by molar-refractivity contribution is -0.148. The van der Waals surface area contributed by atoms with E-state index in [0.717, 1.165) is 4.90 Å². The molecule has 0 aliphatic carbocycles. The lowest BCUT2D eigenvalue weighted by Crippen LogP contribution is -2.29. The van der Waals surface area contributed by atoms with E-state index in [-0.39, 0.29) is 31.4 Å². The molecule has 0 saturated heterocycles. The van der Waals surface area contributed by atoms with Crippen molar-refractivity contribution in [1.82, 2.24) is 5.32 Å². The third kappa shape index (κ3) is 7.17. The second kappa shape index (κ2) is 9.06. The Morgan fingerprint density at radius 2 is 2.05 bits per heavy atom. The summed E-state index contributed by atoms with van der Waals surface area (Å²) in [5.41, 5.74) is 0. The van der Waals surface area contributed by atoms with Crippen molar-refractivity contribution in [3.63, 3.8) is 0 Å². The van der Waals surface area contributed by atoms with Gasteiger partial charge in [0, 0.05) is 10.6 Å². The third-order valence-corrected chi connectivity index (χ3v) is 3.08. The smallest absolute Gasteiger partial charge is 0.307 e. The lowest BCUT2D eigenvalue weighted by Gasteiger charge is -2.04. The summed E-state index contributed by atoms with van der Waals surface area (Å²) < 4.78 is 4.81. The minimum Gasteiger partial charge on any atom is -0.456 e. The molecule has 0 aromatic heterocycles. The molecule has 0 fully saturated rings. The first-order valence-electron chi connectivity index (χ1n) is 5.76. The Morgan fingerprint density at radius 3 is 2.74 bits per heavy atom. The summed E-state index contributed by atoms with van der Waals surface area (Å²) in [6.45, 7) is -0.142. The minimum absolute atomic E-state index is 0.139. The zero-order chi connectivity index (χ0) is 13.9. The lowest BCUT2D eigenvalue weighted by atomic mass is 10.4. The average Bonchev–Trinajstić information content (AvgIpc) is 2.44. The topological polar surface area (TPSA) is 55.4 Å². The van der Waals surface area contributed by atoms with E-state index in [9.17, 15) is 9.59 Å². The molecule has 0 unspecified atom stereocenters. The van der Waals surface area contributed by atoms with Crippen LogP contribution in [0.25, 0.3) is 0 Å². The Morgan fingerprint density at radius 1 is 1.32 bits per heavy atom. The van der Waals surface area contributed by atoms with Crippen molar-refractivity contribution in [3.8, 4) is 12.3 Å². The molecule has 0 heterocycles. The molecule has 0 atom stereocenters. The number of carbonyl (C=O) groups excluding carboxylic acids is 2. The van der Waals surface area contributed by atoms with Gasteiger partial charge in [0.05, 0.1) is 13.0 Å². The molecule has 0 aliphatic rings. The molecule has 0 saturated carbocycles. The van der Waals surface area contributed by atoms with E-state index in [1.807, 2.05) is 30.3 Å². The van der Waals surface area contributed by atoms with E-state index in [2.05, 4.69) is 11.2 Å². The van der Waals surface area contributed by atoms with Crippen molar-refractivity contribution >= 4 is 23.6 Å². The zero-order valence-electron chi connectivity index (χ0n) is 10.4. The maximum absolute atomic E-state index is 11.4. The number of hydrogen-bond donors (Lipinski definition) is 1. The number of esters is 1. The van der Waals surface area contributed by atoms with Gasteiger partial charge in [0.15, 0.2) is 6.61 Å².